The van der Waals surface area contributed by atoms with E-state index < -0.39 is 0 Å². The van der Waals surface area contributed by atoms with E-state index in [0.29, 0.717) is 11.0 Å². The minimum atomic E-state index is 0.359. The third-order valence-corrected chi connectivity index (χ3v) is 6.68. The molecule has 0 aromatic rings. The number of hydrogen-bond donors (Lipinski definition) is 0. The average Bonchev–Trinajstić information content (AvgIpc) is 3.09. The molecule has 5 fully saturated rings. The molecule has 4 aliphatic carbocycles. The highest BCUT2D eigenvalue weighted by Gasteiger charge is 2.66. The monoisotopic (exact) mass is 248 g/mol. The highest BCUT2D eigenvalue weighted by Crippen LogP contribution is 2.68. The maximum absolute atomic E-state index is 6.13. The number of epoxide rings is 1. The number of rotatable bonds is 5. The minimum Gasteiger partial charge on any atom is -0.369 e. The van der Waals surface area contributed by atoms with Gasteiger partial charge in [0.2, 0.25) is 0 Å². The van der Waals surface area contributed by atoms with Gasteiger partial charge in [-0.2, -0.15) is 0 Å². The summed E-state index contributed by atoms with van der Waals surface area (Å²) in [7, 11) is 0. The van der Waals surface area contributed by atoms with Crippen LogP contribution in [0.4, 0.5) is 0 Å². The van der Waals surface area contributed by atoms with Gasteiger partial charge >= 0.3 is 0 Å². The van der Waals surface area contributed by atoms with Crippen molar-refractivity contribution in [1.82, 2.24) is 0 Å². The smallest absolute Gasteiger partial charge is 0.0972 e. The Balaban J connectivity index is 1.53. The van der Waals surface area contributed by atoms with Crippen LogP contribution in [-0.2, 0) is 4.74 Å². The first-order chi connectivity index (χ1) is 8.75. The molecule has 1 aliphatic heterocycles. The van der Waals surface area contributed by atoms with Crippen molar-refractivity contribution in [1.29, 1.82) is 0 Å². The van der Waals surface area contributed by atoms with Crippen molar-refractivity contribution in [3.63, 3.8) is 0 Å². The molecule has 0 radical (unpaired) electrons. The summed E-state index contributed by atoms with van der Waals surface area (Å²) in [6.45, 7) is 3.41. The zero-order valence-corrected chi connectivity index (χ0v) is 11.9. The molecule has 4 saturated carbocycles. The molecule has 0 N–H and O–H groups in total. The van der Waals surface area contributed by atoms with E-state index in [-0.39, 0.29) is 0 Å². The fourth-order valence-corrected chi connectivity index (χ4v) is 6.13. The molecule has 5 rings (SSSR count). The van der Waals surface area contributed by atoms with Crippen LogP contribution in [0, 0.1) is 23.2 Å². The Morgan fingerprint density at radius 2 is 1.50 bits per heavy atom. The molecule has 0 aromatic heterocycles. The lowest BCUT2D eigenvalue weighted by Crippen LogP contribution is -2.53. The lowest BCUT2D eigenvalue weighted by Gasteiger charge is -2.59. The molecular weight excluding hydrogens is 220 g/mol. The van der Waals surface area contributed by atoms with Crippen LogP contribution >= 0.6 is 0 Å². The van der Waals surface area contributed by atoms with E-state index in [4.69, 9.17) is 4.74 Å². The van der Waals surface area contributed by atoms with Crippen LogP contribution in [0.3, 0.4) is 0 Å². The van der Waals surface area contributed by atoms with E-state index in [1.165, 1.54) is 44.9 Å². The first kappa shape index (κ1) is 11.8. The highest BCUT2D eigenvalue weighted by atomic mass is 16.6. The first-order valence-electron chi connectivity index (χ1n) is 8.39. The quantitative estimate of drug-likeness (QED) is 0.513. The molecule has 1 saturated heterocycles. The van der Waals surface area contributed by atoms with E-state index in [0.717, 1.165) is 24.4 Å². The van der Waals surface area contributed by atoms with Gasteiger partial charge in [0.1, 0.15) is 0 Å². The Bertz CT molecular complexity index is 293. The molecule has 5 aliphatic rings. The summed E-state index contributed by atoms with van der Waals surface area (Å²) >= 11 is 0. The van der Waals surface area contributed by atoms with Crippen molar-refractivity contribution in [2.24, 2.45) is 23.2 Å². The van der Waals surface area contributed by atoms with E-state index in [9.17, 15) is 0 Å². The summed E-state index contributed by atoms with van der Waals surface area (Å²) in [5, 5.41) is 0. The fourth-order valence-electron chi connectivity index (χ4n) is 6.13. The minimum absolute atomic E-state index is 0.359. The third kappa shape index (κ3) is 1.62. The Labute approximate surface area is 112 Å². The van der Waals surface area contributed by atoms with Gasteiger partial charge in [0, 0.05) is 5.41 Å². The first-order valence-corrected chi connectivity index (χ1v) is 8.39. The van der Waals surface area contributed by atoms with Crippen LogP contribution in [0.15, 0.2) is 0 Å². The van der Waals surface area contributed by atoms with Gasteiger partial charge in [0.05, 0.1) is 12.2 Å². The lowest BCUT2D eigenvalue weighted by molar-refractivity contribution is -0.0998. The molecule has 0 aromatic carbocycles. The number of ether oxygens (including phenoxy) is 1. The summed E-state index contributed by atoms with van der Waals surface area (Å²) in [5.74, 6) is 3.22. The van der Waals surface area contributed by atoms with Crippen LogP contribution < -0.4 is 0 Å². The zero-order valence-electron chi connectivity index (χ0n) is 11.9. The molecule has 102 valence electrons. The van der Waals surface area contributed by atoms with Crippen LogP contribution in [0.5, 0.6) is 0 Å². The molecule has 1 unspecified atom stereocenters. The van der Waals surface area contributed by atoms with Crippen molar-refractivity contribution in [3.8, 4) is 0 Å². The van der Waals surface area contributed by atoms with Gasteiger partial charge in [-0.05, 0) is 62.7 Å². The van der Waals surface area contributed by atoms with Gasteiger partial charge in [-0.15, -0.1) is 0 Å². The van der Waals surface area contributed by atoms with E-state index in [1.54, 1.807) is 19.3 Å². The van der Waals surface area contributed by atoms with E-state index in [2.05, 4.69) is 6.92 Å². The molecular formula is C17H28O. The second kappa shape index (κ2) is 3.98. The van der Waals surface area contributed by atoms with Crippen LogP contribution in [0.2, 0.25) is 0 Å². The fraction of sp³-hybridized carbons (Fsp3) is 1.00. The largest absolute Gasteiger partial charge is 0.369 e. The van der Waals surface area contributed by atoms with Gasteiger partial charge in [0.25, 0.3) is 0 Å². The van der Waals surface area contributed by atoms with Crippen molar-refractivity contribution in [2.75, 3.05) is 6.61 Å². The Morgan fingerprint density at radius 1 is 0.944 bits per heavy atom. The lowest BCUT2D eigenvalue weighted by atomic mass is 9.46. The molecule has 1 heterocycles. The van der Waals surface area contributed by atoms with Gasteiger partial charge in [-0.1, -0.05) is 26.2 Å². The summed E-state index contributed by atoms with van der Waals surface area (Å²) in [5.41, 5.74) is 0.994. The summed E-state index contributed by atoms with van der Waals surface area (Å²) in [6, 6.07) is 0. The van der Waals surface area contributed by atoms with Gasteiger partial charge in [-0.25, -0.2) is 0 Å². The van der Waals surface area contributed by atoms with Gasteiger partial charge < -0.3 is 4.74 Å². The molecule has 4 bridgehead atoms. The van der Waals surface area contributed by atoms with E-state index in [1.807, 2.05) is 0 Å². The summed E-state index contributed by atoms with van der Waals surface area (Å²) < 4.78 is 6.13. The predicted octanol–water partition coefficient (Wildman–Crippen LogP) is 4.55. The standard InChI is InChI=1S/C17H28O/c1-2-3-4-5-17(12-18-17)16-9-13-6-14(10-16)8-15(7-13)11-16/h13-15H,2-12H2,1H3. The van der Waals surface area contributed by atoms with Gasteiger partial charge in [0.15, 0.2) is 0 Å². The third-order valence-electron chi connectivity index (χ3n) is 6.68. The van der Waals surface area contributed by atoms with Crippen LogP contribution in [0.1, 0.15) is 71.1 Å². The molecule has 18 heavy (non-hydrogen) atoms. The summed E-state index contributed by atoms with van der Waals surface area (Å²) in [6.07, 6.45) is 14.7. The Hall–Kier alpha value is -0.0400. The maximum Gasteiger partial charge on any atom is 0.0972 e. The molecule has 0 amide bonds. The molecule has 1 heteroatoms. The highest BCUT2D eigenvalue weighted by molar-refractivity contribution is 5.15. The normalized spacial score (nSPS) is 52.8. The molecule has 1 atom stereocenters. The topological polar surface area (TPSA) is 12.5 Å². The van der Waals surface area contributed by atoms with Gasteiger partial charge in [-0.3, -0.25) is 0 Å². The zero-order chi connectivity index (χ0) is 12.2. The van der Waals surface area contributed by atoms with Crippen molar-refractivity contribution < 1.29 is 4.74 Å². The maximum atomic E-state index is 6.13. The van der Waals surface area contributed by atoms with E-state index >= 15 is 0 Å². The van der Waals surface area contributed by atoms with Crippen LogP contribution in [0.25, 0.3) is 0 Å². The molecule has 1 nitrogen and oxygen atoms in total. The second-order valence-electron chi connectivity index (χ2n) is 7.94. The Morgan fingerprint density at radius 3 is 1.94 bits per heavy atom. The summed E-state index contributed by atoms with van der Waals surface area (Å²) in [4.78, 5) is 0. The number of hydrogen-bond acceptors (Lipinski definition) is 1. The van der Waals surface area contributed by atoms with Crippen molar-refractivity contribution >= 4 is 0 Å². The van der Waals surface area contributed by atoms with Crippen molar-refractivity contribution in [2.45, 2.75) is 76.7 Å². The second-order valence-corrected chi connectivity index (χ2v) is 7.94. The SMILES string of the molecule is CCCCCC1(C23CC4CC(CC(C4)C2)C3)CO1. The molecule has 0 spiro atoms. The predicted molar refractivity (Wildman–Crippen MR) is 73.4 cm³/mol. The van der Waals surface area contributed by atoms with Crippen molar-refractivity contribution in [3.05, 3.63) is 0 Å². The average molecular weight is 248 g/mol. The number of unbranched alkanes of at least 4 members (excludes halogenated alkanes) is 2. The van der Waals surface area contributed by atoms with Crippen LogP contribution in [-0.4, -0.2) is 12.2 Å². The Kier molecular flexibility index (Phi) is 2.60.